The Morgan fingerprint density at radius 2 is 2.05 bits per heavy atom. The summed E-state index contributed by atoms with van der Waals surface area (Å²) < 4.78 is 16.7. The zero-order valence-electron chi connectivity index (χ0n) is 14.1. The number of carbonyl (C=O) groups excluding carboxylic acids is 1. The van der Waals surface area contributed by atoms with Gasteiger partial charge in [0.1, 0.15) is 5.76 Å². The molecule has 2 heterocycles. The lowest BCUT2D eigenvalue weighted by molar-refractivity contribution is -0.153. The van der Waals surface area contributed by atoms with Crippen LogP contribution in [0, 0.1) is 5.92 Å². The summed E-state index contributed by atoms with van der Waals surface area (Å²) in [6, 6.07) is 0. The number of nitrogens with zero attached hydrogens (tertiary/aromatic N) is 1. The summed E-state index contributed by atoms with van der Waals surface area (Å²) in [4.78, 5) is 16.1. The molecule has 1 fully saturated rings. The van der Waals surface area contributed by atoms with Crippen molar-refractivity contribution >= 4 is 5.91 Å². The minimum absolute atomic E-state index is 0.108. The Labute approximate surface area is 131 Å². The molecule has 0 aliphatic carbocycles. The van der Waals surface area contributed by atoms with Crippen LogP contribution in [0.25, 0.3) is 0 Å². The van der Waals surface area contributed by atoms with Gasteiger partial charge in [-0.1, -0.05) is 27.7 Å². The Hall–Kier alpha value is -1.40. The first-order valence-electron chi connectivity index (χ1n) is 7.72. The Morgan fingerprint density at radius 3 is 2.59 bits per heavy atom. The van der Waals surface area contributed by atoms with E-state index in [0.717, 1.165) is 6.42 Å². The van der Waals surface area contributed by atoms with Gasteiger partial charge in [-0.15, -0.1) is 0 Å². The first kappa shape index (κ1) is 17.0. The molecule has 1 atom stereocenters. The van der Waals surface area contributed by atoms with Crippen LogP contribution in [0.1, 0.15) is 57.5 Å². The molecule has 1 aromatic heterocycles. The SMILES string of the molecule is C[C@H](CNC(=O)c1ncc(C(C)(C)C)o1)CC1(C)OCCO1. The Balaban J connectivity index is 1.83. The third-order valence-electron chi connectivity index (χ3n) is 3.67. The van der Waals surface area contributed by atoms with Crippen molar-refractivity contribution in [2.24, 2.45) is 5.92 Å². The number of hydrogen-bond donors (Lipinski definition) is 1. The molecule has 6 heteroatoms. The highest BCUT2D eigenvalue weighted by molar-refractivity contribution is 5.89. The Bertz CT molecular complexity index is 512. The van der Waals surface area contributed by atoms with Crippen LogP contribution in [0.4, 0.5) is 0 Å². The Kier molecular flexibility index (Phi) is 4.92. The molecule has 22 heavy (non-hydrogen) atoms. The molecule has 1 aliphatic rings. The minimum atomic E-state index is -0.535. The lowest BCUT2D eigenvalue weighted by Gasteiger charge is -2.25. The number of hydrogen-bond acceptors (Lipinski definition) is 5. The molecule has 0 unspecified atom stereocenters. The van der Waals surface area contributed by atoms with Crippen molar-refractivity contribution in [2.75, 3.05) is 19.8 Å². The standard InChI is InChI=1S/C16H26N2O4/c1-11(8-16(5)20-6-7-21-16)9-17-13(19)14-18-10-12(22-14)15(2,3)4/h10-11H,6-9H2,1-5H3,(H,17,19)/t11-/m0/s1. The lowest BCUT2D eigenvalue weighted by Crippen LogP contribution is -2.34. The fraction of sp³-hybridized carbons (Fsp3) is 0.750. The maximum atomic E-state index is 12.1. The summed E-state index contributed by atoms with van der Waals surface area (Å²) in [5, 5.41) is 2.85. The van der Waals surface area contributed by atoms with Crippen LogP contribution in [-0.4, -0.2) is 36.4 Å². The highest BCUT2D eigenvalue weighted by Crippen LogP contribution is 2.26. The van der Waals surface area contributed by atoms with E-state index >= 15 is 0 Å². The van der Waals surface area contributed by atoms with Crippen molar-refractivity contribution in [3.63, 3.8) is 0 Å². The molecule has 124 valence electrons. The average molecular weight is 310 g/mol. The zero-order chi connectivity index (χ0) is 16.4. The fourth-order valence-electron chi connectivity index (χ4n) is 2.45. The maximum Gasteiger partial charge on any atom is 0.307 e. The van der Waals surface area contributed by atoms with Gasteiger partial charge in [-0.2, -0.15) is 0 Å². The van der Waals surface area contributed by atoms with Gasteiger partial charge in [-0.3, -0.25) is 4.79 Å². The topological polar surface area (TPSA) is 73.6 Å². The highest BCUT2D eigenvalue weighted by Gasteiger charge is 2.32. The van der Waals surface area contributed by atoms with Crippen LogP contribution in [-0.2, 0) is 14.9 Å². The number of aromatic nitrogens is 1. The van der Waals surface area contributed by atoms with E-state index < -0.39 is 5.79 Å². The van der Waals surface area contributed by atoms with Crippen LogP contribution in [0.5, 0.6) is 0 Å². The zero-order valence-corrected chi connectivity index (χ0v) is 14.1. The summed E-state index contributed by atoms with van der Waals surface area (Å²) in [6.45, 7) is 11.8. The average Bonchev–Trinajstić information content (AvgIpc) is 3.04. The van der Waals surface area contributed by atoms with Crippen LogP contribution in [0.3, 0.4) is 0 Å². The van der Waals surface area contributed by atoms with Crippen molar-refractivity contribution in [3.05, 3.63) is 17.8 Å². The van der Waals surface area contributed by atoms with Gasteiger partial charge in [0.15, 0.2) is 5.79 Å². The first-order chi connectivity index (χ1) is 10.2. The molecule has 1 aromatic rings. The third kappa shape index (κ3) is 4.30. The molecule has 1 amide bonds. The molecule has 1 aliphatic heterocycles. The number of ether oxygens (including phenoxy) is 2. The van der Waals surface area contributed by atoms with E-state index in [1.807, 2.05) is 34.6 Å². The smallest absolute Gasteiger partial charge is 0.307 e. The normalized spacial score (nSPS) is 19.1. The van der Waals surface area contributed by atoms with Gasteiger partial charge in [0, 0.05) is 18.4 Å². The number of amides is 1. The molecular weight excluding hydrogens is 284 g/mol. The van der Waals surface area contributed by atoms with Crippen LogP contribution in [0.15, 0.2) is 10.6 Å². The monoisotopic (exact) mass is 310 g/mol. The summed E-state index contributed by atoms with van der Waals surface area (Å²) in [5.41, 5.74) is -0.162. The van der Waals surface area contributed by atoms with E-state index in [1.54, 1.807) is 6.20 Å². The van der Waals surface area contributed by atoms with Crippen LogP contribution in [0.2, 0.25) is 0 Å². The van der Waals surface area contributed by atoms with E-state index in [2.05, 4.69) is 10.3 Å². The van der Waals surface area contributed by atoms with E-state index in [1.165, 1.54) is 0 Å². The molecular formula is C16H26N2O4. The second kappa shape index (κ2) is 6.38. The first-order valence-corrected chi connectivity index (χ1v) is 7.72. The molecule has 1 N–H and O–H groups in total. The summed E-state index contributed by atoms with van der Waals surface area (Å²) >= 11 is 0. The van der Waals surface area contributed by atoms with Crippen molar-refractivity contribution in [2.45, 2.75) is 52.2 Å². The molecule has 0 bridgehead atoms. The number of carbonyl (C=O) groups is 1. The van der Waals surface area contributed by atoms with Gasteiger partial charge < -0.3 is 19.2 Å². The van der Waals surface area contributed by atoms with Crippen molar-refractivity contribution in [1.29, 1.82) is 0 Å². The fourth-order valence-corrected chi connectivity index (χ4v) is 2.45. The van der Waals surface area contributed by atoms with Crippen molar-refractivity contribution in [3.8, 4) is 0 Å². The second-order valence-corrected chi connectivity index (χ2v) is 7.13. The largest absolute Gasteiger partial charge is 0.437 e. The Morgan fingerprint density at radius 1 is 1.41 bits per heavy atom. The van der Waals surface area contributed by atoms with Gasteiger partial charge in [0.25, 0.3) is 5.89 Å². The summed E-state index contributed by atoms with van der Waals surface area (Å²) in [5.74, 6) is 0.208. The lowest BCUT2D eigenvalue weighted by atomic mass is 9.94. The van der Waals surface area contributed by atoms with Crippen molar-refractivity contribution in [1.82, 2.24) is 10.3 Å². The third-order valence-corrected chi connectivity index (χ3v) is 3.67. The van der Waals surface area contributed by atoms with Gasteiger partial charge in [0.05, 0.1) is 19.4 Å². The van der Waals surface area contributed by atoms with E-state index in [0.29, 0.717) is 25.5 Å². The second-order valence-electron chi connectivity index (χ2n) is 7.13. The molecule has 0 radical (unpaired) electrons. The predicted octanol–water partition coefficient (Wildman–Crippen LogP) is 2.49. The van der Waals surface area contributed by atoms with Gasteiger partial charge in [-0.05, 0) is 12.8 Å². The number of oxazole rings is 1. The number of rotatable bonds is 5. The molecule has 1 saturated heterocycles. The van der Waals surface area contributed by atoms with E-state index in [-0.39, 0.29) is 23.1 Å². The summed E-state index contributed by atoms with van der Waals surface area (Å²) in [6.07, 6.45) is 2.34. The molecule has 0 saturated carbocycles. The van der Waals surface area contributed by atoms with Crippen LogP contribution < -0.4 is 5.32 Å². The number of nitrogens with one attached hydrogen (secondary N) is 1. The van der Waals surface area contributed by atoms with Gasteiger partial charge in [-0.25, -0.2) is 4.98 Å². The molecule has 0 aromatic carbocycles. The molecule has 6 nitrogen and oxygen atoms in total. The summed E-state index contributed by atoms with van der Waals surface area (Å²) in [7, 11) is 0. The molecule has 0 spiro atoms. The van der Waals surface area contributed by atoms with E-state index in [4.69, 9.17) is 13.9 Å². The van der Waals surface area contributed by atoms with E-state index in [9.17, 15) is 4.79 Å². The highest BCUT2D eigenvalue weighted by atomic mass is 16.7. The minimum Gasteiger partial charge on any atom is -0.437 e. The maximum absolute atomic E-state index is 12.1. The van der Waals surface area contributed by atoms with Crippen molar-refractivity contribution < 1.29 is 18.7 Å². The van der Waals surface area contributed by atoms with Gasteiger partial charge in [0.2, 0.25) is 0 Å². The van der Waals surface area contributed by atoms with Gasteiger partial charge >= 0.3 is 5.91 Å². The van der Waals surface area contributed by atoms with Crippen LogP contribution >= 0.6 is 0 Å². The predicted molar refractivity (Wildman–Crippen MR) is 81.6 cm³/mol. The quantitative estimate of drug-likeness (QED) is 0.904. The molecule has 2 rings (SSSR count).